The van der Waals surface area contributed by atoms with Gasteiger partial charge in [-0.1, -0.05) is 24.3 Å². The number of non-ortho nitro benzene ring substituents is 1. The van der Waals surface area contributed by atoms with Crippen LogP contribution in [-0.4, -0.2) is 21.7 Å². The molecule has 3 aromatic rings. The molecule has 1 aromatic heterocycles. The number of nitro benzene ring substituents is 1. The Kier molecular flexibility index (Phi) is 4.43. The molecule has 2 aromatic carbocycles. The third kappa shape index (κ3) is 3.52. The normalized spacial score (nSPS) is 10.7. The zero-order valence-electron chi connectivity index (χ0n) is 12.5. The van der Waals surface area contributed by atoms with Crippen molar-refractivity contribution in [1.29, 1.82) is 0 Å². The van der Waals surface area contributed by atoms with Crippen LogP contribution in [0.4, 0.5) is 11.6 Å². The van der Waals surface area contributed by atoms with Gasteiger partial charge >= 0.3 is 0 Å². The molecule has 0 aliphatic carbocycles. The second-order valence-electron chi connectivity index (χ2n) is 4.89. The van der Waals surface area contributed by atoms with Gasteiger partial charge in [0.2, 0.25) is 0 Å². The number of nitrogens with zero attached hydrogens (tertiary/aromatic N) is 4. The van der Waals surface area contributed by atoms with Crippen LogP contribution in [0.15, 0.2) is 48.5 Å². The van der Waals surface area contributed by atoms with E-state index in [0.717, 1.165) is 0 Å². The van der Waals surface area contributed by atoms with Gasteiger partial charge in [-0.2, -0.15) is 0 Å². The van der Waals surface area contributed by atoms with E-state index in [9.17, 15) is 15.3 Å². The van der Waals surface area contributed by atoms with Crippen LogP contribution in [0.2, 0.25) is 0 Å². The largest absolute Gasteiger partial charge is 0.594 e. The number of hydrogen-bond donors (Lipinski definition) is 1. The van der Waals surface area contributed by atoms with Crippen LogP contribution in [0.3, 0.4) is 0 Å². The molecule has 0 bridgehead atoms. The Morgan fingerprint density at radius 2 is 2.04 bits per heavy atom. The topological polar surface area (TPSA) is 117 Å². The van der Waals surface area contributed by atoms with Crippen molar-refractivity contribution >= 4 is 22.7 Å². The first-order chi connectivity index (χ1) is 11.6. The van der Waals surface area contributed by atoms with Gasteiger partial charge in [-0.25, -0.2) is 4.98 Å². The molecule has 122 valence electrons. The van der Waals surface area contributed by atoms with Gasteiger partial charge in [-0.05, 0) is 16.5 Å². The zero-order chi connectivity index (χ0) is 16.9. The highest BCUT2D eigenvalue weighted by molar-refractivity contribution is 5.71. The van der Waals surface area contributed by atoms with Gasteiger partial charge in [-0.15, -0.1) is 0 Å². The highest BCUT2D eigenvalue weighted by Crippen LogP contribution is 2.13. The molecule has 0 unspecified atom stereocenters. The average Bonchev–Trinajstić information content (AvgIpc) is 2.59. The van der Waals surface area contributed by atoms with E-state index < -0.39 is 4.92 Å². The van der Waals surface area contributed by atoms with Crippen LogP contribution < -0.4 is 10.2 Å². The summed E-state index contributed by atoms with van der Waals surface area (Å²) in [6.45, 7) is 0.237. The second kappa shape index (κ2) is 6.84. The first-order valence-electron chi connectivity index (χ1n) is 7.05. The van der Waals surface area contributed by atoms with Crippen molar-refractivity contribution < 1.29 is 14.5 Å². The molecule has 1 N–H and O–H groups in total. The van der Waals surface area contributed by atoms with Crippen molar-refractivity contribution in [3.05, 3.63) is 69.4 Å². The fourth-order valence-electron chi connectivity index (χ4n) is 2.12. The van der Waals surface area contributed by atoms with Crippen molar-refractivity contribution in [3.8, 4) is 0 Å². The van der Waals surface area contributed by atoms with Gasteiger partial charge in [0.05, 0.1) is 16.6 Å². The fourth-order valence-corrected chi connectivity index (χ4v) is 2.12. The highest BCUT2D eigenvalue weighted by Gasteiger charge is 2.09. The van der Waals surface area contributed by atoms with E-state index in [2.05, 4.69) is 15.4 Å². The Bertz CT molecular complexity index is 887. The van der Waals surface area contributed by atoms with Crippen molar-refractivity contribution in [2.45, 2.75) is 6.61 Å². The van der Waals surface area contributed by atoms with Gasteiger partial charge in [0, 0.05) is 18.2 Å². The molecule has 0 aliphatic rings. The number of nitro groups is 1. The third-order valence-electron chi connectivity index (χ3n) is 3.22. The van der Waals surface area contributed by atoms with Crippen LogP contribution in [0.5, 0.6) is 0 Å². The van der Waals surface area contributed by atoms with Crippen LogP contribution in [-0.2, 0) is 11.3 Å². The van der Waals surface area contributed by atoms with Gasteiger partial charge in [0.1, 0.15) is 12.2 Å². The lowest BCUT2D eigenvalue weighted by Crippen LogP contribution is -2.33. The number of anilines is 1. The average molecular weight is 327 g/mol. The summed E-state index contributed by atoms with van der Waals surface area (Å²) in [6, 6.07) is 13.0. The van der Waals surface area contributed by atoms with Crippen LogP contribution in [0.25, 0.3) is 11.0 Å². The molecule has 9 heteroatoms. The predicted octanol–water partition coefficient (Wildman–Crippen LogP) is 1.76. The van der Waals surface area contributed by atoms with Gasteiger partial charge in [-0.3, -0.25) is 10.1 Å². The summed E-state index contributed by atoms with van der Waals surface area (Å²) >= 11 is 0. The number of aromatic nitrogens is 3. The minimum Gasteiger partial charge on any atom is -0.594 e. The Morgan fingerprint density at radius 3 is 2.88 bits per heavy atom. The minimum absolute atomic E-state index is 0.00863. The van der Waals surface area contributed by atoms with Crippen molar-refractivity contribution in [2.24, 2.45) is 0 Å². The molecule has 0 saturated carbocycles. The lowest BCUT2D eigenvalue weighted by molar-refractivity contribution is -0.641. The third-order valence-corrected chi connectivity index (χ3v) is 3.22. The van der Waals surface area contributed by atoms with Crippen LogP contribution >= 0.6 is 0 Å². The molecule has 3 rings (SSSR count). The number of hydrogen-bond acceptors (Lipinski definition) is 7. The summed E-state index contributed by atoms with van der Waals surface area (Å²) in [5, 5.41) is 29.0. The number of para-hydroxylation sites is 2. The van der Waals surface area contributed by atoms with E-state index in [1.165, 1.54) is 12.1 Å². The second-order valence-corrected chi connectivity index (χ2v) is 4.89. The summed E-state index contributed by atoms with van der Waals surface area (Å²) in [5.74, 6) is 0.141. The van der Waals surface area contributed by atoms with Crippen LogP contribution in [0.1, 0.15) is 5.56 Å². The summed E-state index contributed by atoms with van der Waals surface area (Å²) in [7, 11) is 0. The molecule has 0 atom stereocenters. The summed E-state index contributed by atoms with van der Waals surface area (Å²) in [4.78, 5) is 14.9. The monoisotopic (exact) mass is 327 g/mol. The van der Waals surface area contributed by atoms with Gasteiger partial charge < -0.3 is 15.3 Å². The van der Waals surface area contributed by atoms with E-state index in [0.29, 0.717) is 21.4 Å². The molecule has 0 radical (unpaired) electrons. The number of benzene rings is 2. The number of rotatable bonds is 6. The maximum Gasteiger partial charge on any atom is 0.292 e. The van der Waals surface area contributed by atoms with Crippen LogP contribution in [0, 0.1) is 15.3 Å². The van der Waals surface area contributed by atoms with E-state index in [4.69, 9.17) is 4.74 Å². The molecule has 0 saturated heterocycles. The summed E-state index contributed by atoms with van der Waals surface area (Å²) in [5.41, 5.74) is 1.57. The zero-order valence-corrected chi connectivity index (χ0v) is 12.5. The first-order valence-corrected chi connectivity index (χ1v) is 7.05. The Balaban J connectivity index is 1.59. The van der Waals surface area contributed by atoms with E-state index in [-0.39, 0.29) is 25.0 Å². The highest BCUT2D eigenvalue weighted by atomic mass is 16.6. The number of fused-ring (bicyclic) bond motifs is 1. The lowest BCUT2D eigenvalue weighted by atomic mass is 10.2. The molecular formula is C15H13N5O4. The Morgan fingerprint density at radius 1 is 1.21 bits per heavy atom. The van der Waals surface area contributed by atoms with E-state index >= 15 is 0 Å². The maximum atomic E-state index is 11.8. The number of nitrogens with one attached hydrogen (secondary N) is 1. The number of ether oxygens (including phenoxy) is 1. The molecule has 1 heterocycles. The molecule has 0 spiro atoms. The first kappa shape index (κ1) is 15.6. The molecule has 0 amide bonds. The SMILES string of the molecule is O=[N+]([O-])c1cccc(COCNc2nc3ccccc3[n+]([O-])n2)c1. The molecule has 0 fully saturated rings. The van der Waals surface area contributed by atoms with E-state index in [1.54, 1.807) is 36.4 Å². The van der Waals surface area contributed by atoms with Gasteiger partial charge in [0.25, 0.3) is 17.2 Å². The van der Waals surface area contributed by atoms with E-state index in [1.807, 2.05) is 0 Å². The fraction of sp³-hybridized carbons (Fsp3) is 0.133. The Labute approximate surface area is 136 Å². The smallest absolute Gasteiger partial charge is 0.292 e. The van der Waals surface area contributed by atoms with Crippen molar-refractivity contribution in [3.63, 3.8) is 0 Å². The molecule has 0 aliphatic heterocycles. The lowest BCUT2D eigenvalue weighted by Gasteiger charge is -2.06. The minimum atomic E-state index is -0.461. The van der Waals surface area contributed by atoms with Gasteiger partial charge in [0.15, 0.2) is 0 Å². The van der Waals surface area contributed by atoms with Crippen molar-refractivity contribution in [2.75, 3.05) is 12.0 Å². The van der Waals surface area contributed by atoms with Crippen molar-refractivity contribution in [1.82, 2.24) is 10.1 Å². The summed E-state index contributed by atoms with van der Waals surface area (Å²) < 4.78 is 5.39. The quantitative estimate of drug-likeness (QED) is 0.183. The molecular weight excluding hydrogens is 314 g/mol. The predicted molar refractivity (Wildman–Crippen MR) is 84.9 cm³/mol. The molecule has 24 heavy (non-hydrogen) atoms. The Hall–Kier alpha value is -3.33. The molecule has 9 nitrogen and oxygen atoms in total. The standard InChI is InChI=1S/C15H13N5O4/c21-19-14-7-2-1-6-13(14)17-15(18-19)16-10-24-9-11-4-3-5-12(8-11)20(22)23/h1-8H,9-10H2,(H,16,17,18). The maximum absolute atomic E-state index is 11.8. The summed E-state index contributed by atoms with van der Waals surface area (Å²) in [6.07, 6.45) is 0.